The largest absolute Gasteiger partial charge is 1.00 e. The first-order chi connectivity index (χ1) is 5.13. The van der Waals surface area contributed by atoms with Crippen LogP contribution in [-0.2, 0) is 4.79 Å². The van der Waals surface area contributed by atoms with E-state index in [-0.39, 0.29) is 52.8 Å². The number of aliphatic carboxylic acids is 1. The van der Waals surface area contributed by atoms with Crippen LogP contribution >= 0.6 is 0 Å². The number of carboxylic acids is 1. The molecule has 0 spiro atoms. The van der Waals surface area contributed by atoms with Gasteiger partial charge in [-0.1, -0.05) is 19.3 Å². The molecule has 1 rings (SSSR count). The predicted molar refractivity (Wildman–Crippen MR) is 45.5 cm³/mol. The summed E-state index contributed by atoms with van der Waals surface area (Å²) in [6, 6.07) is 0.536. The second kappa shape index (κ2) is 10.1. The van der Waals surface area contributed by atoms with Crippen molar-refractivity contribution >= 4 is 5.97 Å². The van der Waals surface area contributed by atoms with Crippen molar-refractivity contribution in [2.45, 2.75) is 45.1 Å². The first kappa shape index (κ1) is 15.5. The topological polar surface area (TPSA) is 63.3 Å². The van der Waals surface area contributed by atoms with Gasteiger partial charge < -0.3 is 12.3 Å². The molecule has 0 aromatic heterocycles. The Morgan fingerprint density at radius 2 is 1.75 bits per heavy atom. The molecule has 0 saturated heterocycles. The molecule has 1 fully saturated rings. The Kier molecular flexibility index (Phi) is 13.1. The molecule has 0 aromatic carbocycles. The van der Waals surface area contributed by atoms with Crippen LogP contribution in [0.4, 0.5) is 0 Å². The van der Waals surface area contributed by atoms with Crippen molar-refractivity contribution < 1.29 is 62.7 Å². The van der Waals surface area contributed by atoms with Crippen molar-refractivity contribution in [3.8, 4) is 0 Å². The minimum atomic E-state index is -0.833. The van der Waals surface area contributed by atoms with Crippen LogP contribution in [0.2, 0.25) is 0 Å². The summed E-state index contributed by atoms with van der Waals surface area (Å²) in [7, 11) is 0. The van der Waals surface area contributed by atoms with E-state index in [1.807, 2.05) is 0 Å². The first-order valence-corrected chi connectivity index (χ1v) is 4.08. The predicted octanol–water partition coefficient (Wildman–Crippen LogP) is -1.51. The fraction of sp³-hybridized carbons (Fsp3) is 0.875. The number of hydrogen-bond donors (Lipinski definition) is 2. The third-order valence-electron chi connectivity index (χ3n) is 1.65. The molecule has 1 aliphatic carbocycles. The van der Waals surface area contributed by atoms with E-state index in [1.54, 1.807) is 0 Å². The van der Waals surface area contributed by atoms with E-state index < -0.39 is 5.97 Å². The molecule has 1 saturated carbocycles. The molecule has 68 valence electrons. The maximum Gasteiger partial charge on any atom is 1.00 e. The molecule has 3 nitrogen and oxygen atoms in total. The Morgan fingerprint density at radius 1 is 1.42 bits per heavy atom. The van der Waals surface area contributed by atoms with Gasteiger partial charge in [-0.05, 0) is 12.8 Å². The maximum absolute atomic E-state index is 9.00. The Balaban J connectivity index is -0.000000150. The van der Waals surface area contributed by atoms with E-state index in [9.17, 15) is 0 Å². The second-order valence-electron chi connectivity index (χ2n) is 2.92. The van der Waals surface area contributed by atoms with Crippen LogP contribution in [0.5, 0.6) is 0 Å². The number of carbonyl (C=O) groups is 1. The minimum absolute atomic E-state index is 0. The van der Waals surface area contributed by atoms with Crippen LogP contribution in [0, 0.1) is 0 Å². The number of carboxylic acid groups (broad SMARTS) is 1. The van der Waals surface area contributed by atoms with Gasteiger partial charge in [-0.15, -0.1) is 0 Å². The zero-order valence-corrected chi connectivity index (χ0v) is 11.2. The van der Waals surface area contributed by atoms with E-state index in [4.69, 9.17) is 15.6 Å². The average molecular weight is 199 g/mol. The summed E-state index contributed by atoms with van der Waals surface area (Å²) in [5, 5.41) is 7.42. The van der Waals surface area contributed by atoms with Crippen molar-refractivity contribution in [3.63, 3.8) is 0 Å². The van der Waals surface area contributed by atoms with Gasteiger partial charge in [0.15, 0.2) is 0 Å². The average Bonchev–Trinajstić information content (AvgIpc) is 1.87. The molecule has 3 N–H and O–H groups in total. The van der Waals surface area contributed by atoms with Crippen molar-refractivity contribution in [1.29, 1.82) is 0 Å². The van der Waals surface area contributed by atoms with Crippen molar-refractivity contribution in [3.05, 3.63) is 0 Å². The zero-order valence-electron chi connectivity index (χ0n) is 9.05. The quantitative estimate of drug-likeness (QED) is 0.466. The molecule has 0 unspecified atom stereocenters. The zero-order chi connectivity index (χ0) is 8.69. The summed E-state index contributed by atoms with van der Waals surface area (Å²) in [6.07, 6.45) is 6.66. The Labute approximate surface area is 118 Å². The fourth-order valence-corrected chi connectivity index (χ4v) is 1.13. The normalized spacial score (nSPS) is 16.8. The van der Waals surface area contributed by atoms with Gasteiger partial charge in [-0.2, -0.15) is 0 Å². The van der Waals surface area contributed by atoms with Crippen LogP contribution in [0.15, 0.2) is 0 Å². The monoisotopic (exact) mass is 199 g/mol. The van der Waals surface area contributed by atoms with Gasteiger partial charge in [0.1, 0.15) is 0 Å². The molecule has 4 heteroatoms. The van der Waals surface area contributed by atoms with Gasteiger partial charge in [0, 0.05) is 13.0 Å². The van der Waals surface area contributed by atoms with Crippen LogP contribution in [0.25, 0.3) is 0 Å². The Hall–Kier alpha value is 1.07. The van der Waals surface area contributed by atoms with E-state index >= 15 is 0 Å². The molecule has 0 aromatic rings. The Morgan fingerprint density at radius 3 is 1.92 bits per heavy atom. The molecule has 0 aliphatic heterocycles. The minimum Gasteiger partial charge on any atom is -1.00 e. The van der Waals surface area contributed by atoms with Crippen LogP contribution in [0.1, 0.15) is 40.5 Å². The molecule has 0 bridgehead atoms. The fourth-order valence-electron chi connectivity index (χ4n) is 1.13. The molecule has 0 amide bonds. The molecule has 0 atom stereocenters. The van der Waals surface area contributed by atoms with Crippen LogP contribution in [-0.4, -0.2) is 17.1 Å². The van der Waals surface area contributed by atoms with E-state index in [0.29, 0.717) is 6.04 Å². The van der Waals surface area contributed by atoms with Gasteiger partial charge >= 0.3 is 51.4 Å². The first-order valence-electron chi connectivity index (χ1n) is 4.08. The number of hydrogen-bond acceptors (Lipinski definition) is 2. The van der Waals surface area contributed by atoms with Crippen LogP contribution in [0.3, 0.4) is 0 Å². The molecule has 0 heterocycles. The van der Waals surface area contributed by atoms with E-state index in [2.05, 4.69) is 0 Å². The summed E-state index contributed by atoms with van der Waals surface area (Å²) in [6.45, 7) is 1.08. The number of nitrogens with two attached hydrogens (primary N) is 1. The third-order valence-corrected chi connectivity index (χ3v) is 1.65. The van der Waals surface area contributed by atoms with Crippen LogP contribution < -0.4 is 57.1 Å². The summed E-state index contributed by atoms with van der Waals surface area (Å²) >= 11 is 0. The SMILES string of the molecule is CC(=O)O.NC1CCCCC1.[H-].[K+]. The standard InChI is InChI=1S/C6H13N.C2H4O2.K.H/c7-6-4-2-1-3-5-6;1-2(3)4;;/h6H,1-5,7H2;1H3,(H,3,4);;/q;;+1;-1. The maximum atomic E-state index is 9.00. The third kappa shape index (κ3) is 13.6. The second-order valence-corrected chi connectivity index (χ2v) is 2.92. The van der Waals surface area contributed by atoms with Gasteiger partial charge in [0.25, 0.3) is 5.97 Å². The van der Waals surface area contributed by atoms with Crippen molar-refractivity contribution in [2.75, 3.05) is 0 Å². The van der Waals surface area contributed by atoms with Gasteiger partial charge in [-0.3, -0.25) is 4.79 Å². The van der Waals surface area contributed by atoms with Crippen molar-refractivity contribution in [1.82, 2.24) is 0 Å². The smallest absolute Gasteiger partial charge is 1.00 e. The molecule has 12 heavy (non-hydrogen) atoms. The summed E-state index contributed by atoms with van der Waals surface area (Å²) in [4.78, 5) is 9.00. The molecule has 1 aliphatic rings. The molecular formula is C8H18KNO2. The van der Waals surface area contributed by atoms with Gasteiger partial charge in [0.05, 0.1) is 0 Å². The summed E-state index contributed by atoms with van der Waals surface area (Å²) in [5.41, 5.74) is 5.63. The summed E-state index contributed by atoms with van der Waals surface area (Å²) < 4.78 is 0. The summed E-state index contributed by atoms with van der Waals surface area (Å²) in [5.74, 6) is -0.833. The van der Waals surface area contributed by atoms with E-state index in [0.717, 1.165) is 6.92 Å². The van der Waals surface area contributed by atoms with Gasteiger partial charge in [0.2, 0.25) is 0 Å². The van der Waals surface area contributed by atoms with E-state index in [1.165, 1.54) is 32.1 Å². The molecular weight excluding hydrogens is 181 g/mol. The number of rotatable bonds is 0. The molecule has 0 radical (unpaired) electrons. The Bertz CT molecular complexity index is 115. The van der Waals surface area contributed by atoms with Gasteiger partial charge in [-0.25, -0.2) is 0 Å². The van der Waals surface area contributed by atoms with Crippen molar-refractivity contribution in [2.24, 2.45) is 5.73 Å².